The Labute approximate surface area is 160 Å². The fourth-order valence-electron chi connectivity index (χ4n) is 2.91. The first-order chi connectivity index (χ1) is 13.2. The standard InChI is InChI=1S/C19H20O9/c1-9-7-12(20)16(22)17(28-9)11(8-14(21)26-3)10-5-6-13(25-2)18(27-4)15(10)19(23)24/h5-7,11,22H,8H2,1-4H3,(H,23,24)/t11-/m0/s1. The highest BCUT2D eigenvalue weighted by Gasteiger charge is 2.32. The summed E-state index contributed by atoms with van der Waals surface area (Å²) in [7, 11) is 3.78. The van der Waals surface area contributed by atoms with E-state index in [9.17, 15) is 24.6 Å². The molecule has 0 fully saturated rings. The number of aryl methyl sites for hydroxylation is 1. The van der Waals surface area contributed by atoms with Crippen molar-refractivity contribution < 1.29 is 38.4 Å². The number of ether oxygens (including phenoxy) is 3. The van der Waals surface area contributed by atoms with Crippen LogP contribution in [-0.2, 0) is 9.53 Å². The van der Waals surface area contributed by atoms with E-state index in [1.165, 1.54) is 40.4 Å². The molecule has 28 heavy (non-hydrogen) atoms. The van der Waals surface area contributed by atoms with Crippen LogP contribution in [0, 0.1) is 6.92 Å². The lowest BCUT2D eigenvalue weighted by molar-refractivity contribution is -0.141. The van der Waals surface area contributed by atoms with Gasteiger partial charge in [0, 0.05) is 6.07 Å². The van der Waals surface area contributed by atoms with Crippen molar-refractivity contribution in [3.8, 4) is 17.2 Å². The molecule has 2 rings (SSSR count). The number of hydrogen-bond acceptors (Lipinski definition) is 8. The molecule has 0 aliphatic carbocycles. The van der Waals surface area contributed by atoms with Crippen LogP contribution in [0.25, 0.3) is 0 Å². The molecule has 1 aromatic carbocycles. The zero-order valence-electron chi connectivity index (χ0n) is 15.8. The van der Waals surface area contributed by atoms with Gasteiger partial charge in [-0.05, 0) is 18.6 Å². The molecule has 0 saturated carbocycles. The number of carbonyl (C=O) groups excluding carboxylic acids is 1. The second-order valence-electron chi connectivity index (χ2n) is 5.84. The molecular formula is C19H20O9. The fourth-order valence-corrected chi connectivity index (χ4v) is 2.91. The largest absolute Gasteiger partial charge is 0.502 e. The molecule has 0 radical (unpaired) electrons. The van der Waals surface area contributed by atoms with Crippen molar-refractivity contribution >= 4 is 11.9 Å². The van der Waals surface area contributed by atoms with E-state index in [4.69, 9.17) is 13.9 Å². The molecular weight excluding hydrogens is 372 g/mol. The number of rotatable bonds is 7. The Bertz CT molecular complexity index is 959. The SMILES string of the molecule is COC(=O)C[C@@H](c1ccc(OC)c(OC)c1C(=O)O)c1oc(C)cc(=O)c1O. The van der Waals surface area contributed by atoms with Crippen molar-refractivity contribution in [3.05, 3.63) is 51.1 Å². The second kappa shape index (κ2) is 8.47. The number of carbonyl (C=O) groups is 2. The Hall–Kier alpha value is -3.49. The summed E-state index contributed by atoms with van der Waals surface area (Å²) in [4.78, 5) is 36.0. The first-order valence-electron chi connectivity index (χ1n) is 8.13. The zero-order chi connectivity index (χ0) is 21.0. The van der Waals surface area contributed by atoms with E-state index in [0.717, 1.165) is 6.07 Å². The van der Waals surface area contributed by atoms with E-state index < -0.39 is 29.0 Å². The van der Waals surface area contributed by atoms with Crippen LogP contribution in [0.15, 0.2) is 27.4 Å². The molecule has 9 heteroatoms. The summed E-state index contributed by atoms with van der Waals surface area (Å²) in [5, 5.41) is 20.0. The van der Waals surface area contributed by atoms with Gasteiger partial charge in [0.1, 0.15) is 11.3 Å². The van der Waals surface area contributed by atoms with Crippen LogP contribution >= 0.6 is 0 Å². The molecule has 9 nitrogen and oxygen atoms in total. The van der Waals surface area contributed by atoms with E-state index in [1.807, 2.05) is 0 Å². The Morgan fingerprint density at radius 3 is 2.39 bits per heavy atom. The number of aromatic carboxylic acids is 1. The van der Waals surface area contributed by atoms with Gasteiger partial charge in [-0.25, -0.2) is 4.79 Å². The maximum absolute atomic E-state index is 12.0. The smallest absolute Gasteiger partial charge is 0.339 e. The fraction of sp³-hybridized carbons (Fsp3) is 0.316. The maximum Gasteiger partial charge on any atom is 0.339 e. The second-order valence-corrected chi connectivity index (χ2v) is 5.84. The number of hydrogen-bond donors (Lipinski definition) is 2. The minimum absolute atomic E-state index is 0.0724. The van der Waals surface area contributed by atoms with Crippen molar-refractivity contribution in [2.45, 2.75) is 19.3 Å². The number of carboxylic acid groups (broad SMARTS) is 1. The van der Waals surface area contributed by atoms with Gasteiger partial charge < -0.3 is 28.8 Å². The lowest BCUT2D eigenvalue weighted by atomic mass is 9.88. The van der Waals surface area contributed by atoms with E-state index >= 15 is 0 Å². The minimum atomic E-state index is -1.35. The van der Waals surface area contributed by atoms with Crippen molar-refractivity contribution in [3.63, 3.8) is 0 Å². The predicted molar refractivity (Wildman–Crippen MR) is 96.4 cm³/mol. The molecule has 0 bridgehead atoms. The van der Waals surface area contributed by atoms with E-state index in [-0.39, 0.29) is 40.6 Å². The van der Waals surface area contributed by atoms with E-state index in [0.29, 0.717) is 0 Å². The van der Waals surface area contributed by atoms with Crippen LogP contribution in [0.4, 0.5) is 0 Å². The van der Waals surface area contributed by atoms with Crippen LogP contribution in [0.5, 0.6) is 17.2 Å². The highest BCUT2D eigenvalue weighted by Crippen LogP contribution is 2.41. The average Bonchev–Trinajstić information content (AvgIpc) is 2.67. The Balaban J connectivity index is 2.84. The molecule has 2 N–H and O–H groups in total. The Kier molecular flexibility index (Phi) is 6.29. The topological polar surface area (TPSA) is 132 Å². The van der Waals surface area contributed by atoms with Gasteiger partial charge in [0.15, 0.2) is 17.3 Å². The molecule has 150 valence electrons. The number of aromatic hydroxyl groups is 1. The summed E-state index contributed by atoms with van der Waals surface area (Å²) < 4.78 is 20.5. The van der Waals surface area contributed by atoms with Gasteiger partial charge in [-0.15, -0.1) is 0 Å². The van der Waals surface area contributed by atoms with Gasteiger partial charge in [0.05, 0.1) is 33.7 Å². The van der Waals surface area contributed by atoms with Crippen LogP contribution in [0.2, 0.25) is 0 Å². The Morgan fingerprint density at radius 1 is 1.18 bits per heavy atom. The van der Waals surface area contributed by atoms with E-state index in [1.54, 1.807) is 0 Å². The molecule has 1 heterocycles. The third kappa shape index (κ3) is 3.93. The maximum atomic E-state index is 12.0. The highest BCUT2D eigenvalue weighted by molar-refractivity contribution is 5.94. The van der Waals surface area contributed by atoms with Gasteiger partial charge in [0.25, 0.3) is 0 Å². The third-order valence-electron chi connectivity index (χ3n) is 4.15. The monoisotopic (exact) mass is 392 g/mol. The third-order valence-corrected chi connectivity index (χ3v) is 4.15. The molecule has 0 unspecified atom stereocenters. The summed E-state index contributed by atoms with van der Waals surface area (Å²) in [5.41, 5.74) is -0.926. The first-order valence-corrected chi connectivity index (χ1v) is 8.13. The van der Waals surface area contributed by atoms with Crippen LogP contribution < -0.4 is 14.9 Å². The predicted octanol–water partition coefficient (Wildman–Crippen LogP) is 2.06. The molecule has 0 saturated heterocycles. The zero-order valence-corrected chi connectivity index (χ0v) is 15.8. The van der Waals surface area contributed by atoms with Crippen molar-refractivity contribution in [1.29, 1.82) is 0 Å². The van der Waals surface area contributed by atoms with Crippen LogP contribution in [0.3, 0.4) is 0 Å². The molecule has 0 aliphatic rings. The average molecular weight is 392 g/mol. The van der Waals surface area contributed by atoms with E-state index in [2.05, 4.69) is 4.74 Å². The highest BCUT2D eigenvalue weighted by atomic mass is 16.5. The summed E-state index contributed by atoms with van der Waals surface area (Å²) in [6.45, 7) is 1.49. The van der Waals surface area contributed by atoms with Crippen molar-refractivity contribution in [2.24, 2.45) is 0 Å². The van der Waals surface area contributed by atoms with Crippen LogP contribution in [-0.4, -0.2) is 43.5 Å². The first kappa shape index (κ1) is 20.8. The number of carboxylic acids is 1. The summed E-state index contributed by atoms with van der Waals surface area (Å²) >= 11 is 0. The van der Waals surface area contributed by atoms with Gasteiger partial charge in [-0.1, -0.05) is 6.07 Å². The molecule has 2 aromatic rings. The number of methoxy groups -OCH3 is 3. The quantitative estimate of drug-likeness (QED) is 0.679. The van der Waals surface area contributed by atoms with Gasteiger partial charge >= 0.3 is 11.9 Å². The normalized spacial score (nSPS) is 11.6. The molecule has 1 aromatic heterocycles. The lowest BCUT2D eigenvalue weighted by Crippen LogP contribution is -2.17. The molecule has 0 amide bonds. The number of benzene rings is 1. The summed E-state index contributed by atoms with van der Waals surface area (Å²) in [6.07, 6.45) is -0.383. The minimum Gasteiger partial charge on any atom is -0.502 e. The van der Waals surface area contributed by atoms with Gasteiger partial charge in [-0.2, -0.15) is 0 Å². The summed E-state index contributed by atoms with van der Waals surface area (Å²) in [5.74, 6) is -3.85. The van der Waals surface area contributed by atoms with Gasteiger partial charge in [0.2, 0.25) is 11.2 Å². The van der Waals surface area contributed by atoms with Crippen LogP contribution in [0.1, 0.15) is 39.8 Å². The van der Waals surface area contributed by atoms with Crippen molar-refractivity contribution in [1.82, 2.24) is 0 Å². The lowest BCUT2D eigenvalue weighted by Gasteiger charge is -2.21. The Morgan fingerprint density at radius 2 is 1.86 bits per heavy atom. The van der Waals surface area contributed by atoms with Gasteiger partial charge in [-0.3, -0.25) is 9.59 Å². The molecule has 0 spiro atoms. The molecule has 0 aliphatic heterocycles. The number of esters is 1. The molecule has 1 atom stereocenters. The van der Waals surface area contributed by atoms with Crippen molar-refractivity contribution in [2.75, 3.05) is 21.3 Å². The summed E-state index contributed by atoms with van der Waals surface area (Å²) in [6, 6.07) is 3.94.